The van der Waals surface area contributed by atoms with Crippen molar-refractivity contribution in [1.82, 2.24) is 9.80 Å². The zero-order valence-electron chi connectivity index (χ0n) is 12.0. The molecule has 0 spiro atoms. The number of amides is 1. The Morgan fingerprint density at radius 2 is 1.81 bits per heavy atom. The van der Waals surface area contributed by atoms with Gasteiger partial charge in [-0.05, 0) is 66.8 Å². The highest BCUT2D eigenvalue weighted by Gasteiger charge is 2.29. The molecule has 2 aliphatic heterocycles. The van der Waals surface area contributed by atoms with Crippen LogP contribution in [0.1, 0.15) is 36.0 Å². The Labute approximate surface area is 133 Å². The summed E-state index contributed by atoms with van der Waals surface area (Å²) in [4.78, 5) is 16.8. The molecule has 0 N–H and O–H groups in total. The van der Waals surface area contributed by atoms with Gasteiger partial charge in [-0.3, -0.25) is 4.79 Å². The van der Waals surface area contributed by atoms with Crippen LogP contribution in [0.2, 0.25) is 0 Å². The van der Waals surface area contributed by atoms with Gasteiger partial charge in [-0.25, -0.2) is 4.39 Å². The molecule has 0 bridgehead atoms. The van der Waals surface area contributed by atoms with Crippen LogP contribution in [0, 0.1) is 5.82 Å². The molecule has 3 rings (SSSR count). The molecule has 1 amide bonds. The standard InChI is InChI=1S/C16H20BrFN2O/c17-14-5-3-4-13(15(14)18)16(21)20-10-6-12(7-11-20)19-8-1-2-9-19/h3-5,12H,1-2,6-11H2. The highest BCUT2D eigenvalue weighted by molar-refractivity contribution is 9.10. The van der Waals surface area contributed by atoms with E-state index in [-0.39, 0.29) is 11.5 Å². The van der Waals surface area contributed by atoms with Crippen LogP contribution in [-0.4, -0.2) is 47.9 Å². The predicted octanol–water partition coefficient (Wildman–Crippen LogP) is 3.29. The van der Waals surface area contributed by atoms with E-state index in [1.165, 1.54) is 25.9 Å². The normalized spacial score (nSPS) is 21.0. The fourth-order valence-electron chi connectivity index (χ4n) is 3.38. The van der Waals surface area contributed by atoms with Crippen molar-refractivity contribution in [3.63, 3.8) is 0 Å². The van der Waals surface area contributed by atoms with Gasteiger partial charge in [0.15, 0.2) is 0 Å². The Hall–Kier alpha value is -0.940. The number of halogens is 2. The maximum absolute atomic E-state index is 14.0. The van der Waals surface area contributed by atoms with Gasteiger partial charge in [0, 0.05) is 19.1 Å². The molecule has 5 heteroatoms. The first-order valence-electron chi connectivity index (χ1n) is 7.64. The first-order valence-corrected chi connectivity index (χ1v) is 8.43. The third kappa shape index (κ3) is 3.14. The number of piperidine rings is 1. The van der Waals surface area contributed by atoms with Crippen LogP contribution in [0.3, 0.4) is 0 Å². The fraction of sp³-hybridized carbons (Fsp3) is 0.562. The number of benzene rings is 1. The summed E-state index contributed by atoms with van der Waals surface area (Å²) in [7, 11) is 0. The van der Waals surface area contributed by atoms with E-state index in [0.717, 1.165) is 25.9 Å². The molecule has 0 saturated carbocycles. The van der Waals surface area contributed by atoms with Crippen molar-refractivity contribution in [3.8, 4) is 0 Å². The molecule has 1 aromatic carbocycles. The molecule has 3 nitrogen and oxygen atoms in total. The molecular weight excluding hydrogens is 335 g/mol. The van der Waals surface area contributed by atoms with Crippen molar-refractivity contribution in [2.45, 2.75) is 31.7 Å². The lowest BCUT2D eigenvalue weighted by atomic mass is 10.0. The van der Waals surface area contributed by atoms with Crippen molar-refractivity contribution in [2.75, 3.05) is 26.2 Å². The summed E-state index contributed by atoms with van der Waals surface area (Å²) in [5.41, 5.74) is 0.170. The number of rotatable bonds is 2. The van der Waals surface area contributed by atoms with Gasteiger partial charge in [-0.1, -0.05) is 6.07 Å². The molecular formula is C16H20BrFN2O. The zero-order valence-corrected chi connectivity index (χ0v) is 13.6. The van der Waals surface area contributed by atoms with E-state index in [9.17, 15) is 9.18 Å². The van der Waals surface area contributed by atoms with E-state index in [4.69, 9.17) is 0 Å². The van der Waals surface area contributed by atoms with E-state index >= 15 is 0 Å². The number of carbonyl (C=O) groups is 1. The van der Waals surface area contributed by atoms with Crippen LogP contribution in [0.25, 0.3) is 0 Å². The van der Waals surface area contributed by atoms with Crippen LogP contribution >= 0.6 is 15.9 Å². The van der Waals surface area contributed by atoms with E-state index in [1.807, 2.05) is 0 Å². The van der Waals surface area contributed by atoms with Gasteiger partial charge < -0.3 is 9.80 Å². The molecule has 0 aromatic heterocycles. The fourth-order valence-corrected chi connectivity index (χ4v) is 3.75. The molecule has 0 aliphatic carbocycles. The van der Waals surface area contributed by atoms with Crippen LogP contribution in [0.4, 0.5) is 4.39 Å². The van der Waals surface area contributed by atoms with Gasteiger partial charge in [0.1, 0.15) is 5.82 Å². The third-order valence-corrected chi connectivity index (χ3v) is 5.20. The van der Waals surface area contributed by atoms with Gasteiger partial charge in [0.05, 0.1) is 10.0 Å². The Morgan fingerprint density at radius 3 is 2.48 bits per heavy atom. The van der Waals surface area contributed by atoms with Crippen LogP contribution in [0.5, 0.6) is 0 Å². The van der Waals surface area contributed by atoms with E-state index < -0.39 is 5.82 Å². The largest absolute Gasteiger partial charge is 0.338 e. The molecule has 1 aromatic rings. The van der Waals surface area contributed by atoms with Crippen molar-refractivity contribution >= 4 is 21.8 Å². The molecule has 2 heterocycles. The SMILES string of the molecule is O=C(c1cccc(Br)c1F)N1CCC(N2CCCC2)CC1. The summed E-state index contributed by atoms with van der Waals surface area (Å²) in [5.74, 6) is -0.641. The predicted molar refractivity (Wildman–Crippen MR) is 83.8 cm³/mol. The zero-order chi connectivity index (χ0) is 14.8. The Balaban J connectivity index is 1.63. The number of carbonyl (C=O) groups excluding carboxylic acids is 1. The van der Waals surface area contributed by atoms with Crippen LogP contribution < -0.4 is 0 Å². The van der Waals surface area contributed by atoms with Crippen LogP contribution in [-0.2, 0) is 0 Å². The maximum atomic E-state index is 14.0. The van der Waals surface area contributed by atoms with Gasteiger partial charge in [0.2, 0.25) is 0 Å². The molecule has 2 saturated heterocycles. The average molecular weight is 355 g/mol. The quantitative estimate of drug-likeness (QED) is 0.813. The summed E-state index contributed by atoms with van der Waals surface area (Å²) >= 11 is 3.14. The first-order chi connectivity index (χ1) is 10.2. The van der Waals surface area contributed by atoms with Crippen LogP contribution in [0.15, 0.2) is 22.7 Å². The van der Waals surface area contributed by atoms with Gasteiger partial charge in [-0.2, -0.15) is 0 Å². The summed E-state index contributed by atoms with van der Waals surface area (Å²) in [6.45, 7) is 3.84. The van der Waals surface area contributed by atoms with Crippen molar-refractivity contribution in [1.29, 1.82) is 0 Å². The Kier molecular flexibility index (Phi) is 4.60. The lowest BCUT2D eigenvalue weighted by Gasteiger charge is -2.36. The minimum absolute atomic E-state index is 0.170. The smallest absolute Gasteiger partial charge is 0.256 e. The minimum atomic E-state index is -0.454. The van der Waals surface area contributed by atoms with Gasteiger partial charge >= 0.3 is 0 Å². The second-order valence-electron chi connectivity index (χ2n) is 5.87. The monoisotopic (exact) mass is 354 g/mol. The molecule has 0 radical (unpaired) electrons. The molecule has 21 heavy (non-hydrogen) atoms. The van der Waals surface area contributed by atoms with Crippen molar-refractivity contribution in [3.05, 3.63) is 34.1 Å². The lowest BCUT2D eigenvalue weighted by molar-refractivity contribution is 0.0640. The van der Waals surface area contributed by atoms with E-state index in [1.54, 1.807) is 23.1 Å². The van der Waals surface area contributed by atoms with E-state index in [0.29, 0.717) is 10.5 Å². The van der Waals surface area contributed by atoms with Crippen molar-refractivity contribution < 1.29 is 9.18 Å². The second kappa shape index (κ2) is 6.44. The molecule has 0 unspecified atom stereocenters. The number of hydrogen-bond donors (Lipinski definition) is 0. The summed E-state index contributed by atoms with van der Waals surface area (Å²) < 4.78 is 14.4. The summed E-state index contributed by atoms with van der Waals surface area (Å²) in [6.07, 6.45) is 4.59. The van der Waals surface area contributed by atoms with E-state index in [2.05, 4.69) is 20.8 Å². The number of hydrogen-bond acceptors (Lipinski definition) is 2. The lowest BCUT2D eigenvalue weighted by Crippen LogP contribution is -2.46. The molecule has 2 aliphatic rings. The summed E-state index contributed by atoms with van der Waals surface area (Å²) in [5, 5.41) is 0. The molecule has 0 atom stereocenters. The maximum Gasteiger partial charge on any atom is 0.256 e. The number of nitrogens with zero attached hydrogens (tertiary/aromatic N) is 2. The topological polar surface area (TPSA) is 23.6 Å². The molecule has 114 valence electrons. The highest BCUT2D eigenvalue weighted by atomic mass is 79.9. The Bertz CT molecular complexity index is 523. The highest BCUT2D eigenvalue weighted by Crippen LogP contribution is 2.24. The second-order valence-corrected chi connectivity index (χ2v) is 6.72. The van der Waals surface area contributed by atoms with Gasteiger partial charge in [0.25, 0.3) is 5.91 Å². The molecule has 2 fully saturated rings. The first kappa shape index (κ1) is 15.0. The summed E-state index contributed by atoms with van der Waals surface area (Å²) in [6, 6.07) is 5.49. The minimum Gasteiger partial charge on any atom is -0.338 e. The third-order valence-electron chi connectivity index (χ3n) is 4.59. The number of likely N-dealkylation sites (tertiary alicyclic amines) is 2. The average Bonchev–Trinajstić information content (AvgIpc) is 3.04. The van der Waals surface area contributed by atoms with Crippen molar-refractivity contribution in [2.24, 2.45) is 0 Å². The van der Waals surface area contributed by atoms with Gasteiger partial charge in [-0.15, -0.1) is 0 Å². The Morgan fingerprint density at radius 1 is 1.14 bits per heavy atom.